The Morgan fingerprint density at radius 2 is 1.90 bits per heavy atom. The first-order valence-corrected chi connectivity index (χ1v) is 11.0. The third-order valence-corrected chi connectivity index (χ3v) is 5.92. The van der Waals surface area contributed by atoms with Crippen LogP contribution in [0.4, 0.5) is 0 Å². The monoisotopic (exact) mass is 418 g/mol. The summed E-state index contributed by atoms with van der Waals surface area (Å²) in [5.74, 6) is 3.19. The van der Waals surface area contributed by atoms with Crippen molar-refractivity contribution >= 4 is 5.91 Å². The van der Waals surface area contributed by atoms with Gasteiger partial charge in [0.1, 0.15) is 13.2 Å². The van der Waals surface area contributed by atoms with Gasteiger partial charge in [-0.1, -0.05) is 36.4 Å². The molecule has 6 nitrogen and oxygen atoms in total. The van der Waals surface area contributed by atoms with Crippen LogP contribution in [0.2, 0.25) is 0 Å². The van der Waals surface area contributed by atoms with E-state index in [1.807, 2.05) is 47.4 Å². The Morgan fingerprint density at radius 3 is 2.77 bits per heavy atom. The van der Waals surface area contributed by atoms with E-state index in [2.05, 4.69) is 11.1 Å². The third-order valence-electron chi connectivity index (χ3n) is 5.92. The average Bonchev–Trinajstić information content (AvgIpc) is 3.49. The van der Waals surface area contributed by atoms with Crippen molar-refractivity contribution < 1.29 is 18.7 Å². The van der Waals surface area contributed by atoms with Gasteiger partial charge in [-0.3, -0.25) is 4.79 Å². The zero-order chi connectivity index (χ0) is 21.0. The first kappa shape index (κ1) is 19.7. The summed E-state index contributed by atoms with van der Waals surface area (Å²) >= 11 is 0. The van der Waals surface area contributed by atoms with Crippen LogP contribution in [0.1, 0.15) is 43.2 Å². The summed E-state index contributed by atoms with van der Waals surface area (Å²) in [4.78, 5) is 19.3. The van der Waals surface area contributed by atoms with Gasteiger partial charge in [-0.15, -0.1) is 0 Å². The summed E-state index contributed by atoms with van der Waals surface area (Å²) < 4.78 is 17.2. The van der Waals surface area contributed by atoms with Crippen LogP contribution in [0.15, 0.2) is 59.1 Å². The Morgan fingerprint density at radius 1 is 1.06 bits per heavy atom. The lowest BCUT2D eigenvalue weighted by Crippen LogP contribution is -2.30. The molecule has 6 heteroatoms. The number of hydrogen-bond donors (Lipinski definition) is 0. The molecular formula is C25H26N2O4. The van der Waals surface area contributed by atoms with Gasteiger partial charge in [-0.2, -0.15) is 0 Å². The lowest BCUT2D eigenvalue weighted by molar-refractivity contribution is -0.132. The number of likely N-dealkylation sites (tertiary alicyclic amines) is 1. The Bertz CT molecular complexity index is 1050. The van der Waals surface area contributed by atoms with E-state index >= 15 is 0 Å². The smallest absolute Gasteiger partial charge is 0.223 e. The molecule has 3 aromatic rings. The van der Waals surface area contributed by atoms with Gasteiger partial charge >= 0.3 is 0 Å². The second-order valence-corrected chi connectivity index (χ2v) is 7.99. The molecule has 0 bridgehead atoms. The number of carbonyl (C=O) groups is 1. The summed E-state index contributed by atoms with van der Waals surface area (Å²) in [7, 11) is 0. The molecule has 1 amide bonds. The first-order valence-electron chi connectivity index (χ1n) is 11.0. The predicted octanol–water partition coefficient (Wildman–Crippen LogP) is 4.80. The van der Waals surface area contributed by atoms with Crippen molar-refractivity contribution in [1.29, 1.82) is 0 Å². The van der Waals surface area contributed by atoms with Gasteiger partial charge in [0, 0.05) is 24.9 Å². The fourth-order valence-electron chi connectivity index (χ4n) is 4.38. The molecule has 31 heavy (non-hydrogen) atoms. The number of fused-ring (bicyclic) bond motifs is 1. The van der Waals surface area contributed by atoms with Crippen molar-refractivity contribution in [2.45, 2.75) is 38.1 Å². The van der Waals surface area contributed by atoms with Crippen molar-refractivity contribution in [1.82, 2.24) is 9.88 Å². The highest BCUT2D eigenvalue weighted by Crippen LogP contribution is 2.38. The summed E-state index contributed by atoms with van der Waals surface area (Å²) in [5, 5.41) is 0. The third kappa shape index (κ3) is 4.29. The molecule has 1 atom stereocenters. The summed E-state index contributed by atoms with van der Waals surface area (Å²) in [6.07, 6.45) is 5.62. The SMILES string of the molecule is O=C(CCCc1ncc(-c2ccccc2)o1)N1CCCC1c1ccc2c(c1)OCCO2. The molecular weight excluding hydrogens is 392 g/mol. The Labute approximate surface area is 181 Å². The summed E-state index contributed by atoms with van der Waals surface area (Å²) in [6, 6.07) is 16.1. The van der Waals surface area contributed by atoms with Gasteiger partial charge < -0.3 is 18.8 Å². The van der Waals surface area contributed by atoms with E-state index in [1.54, 1.807) is 6.20 Å². The summed E-state index contributed by atoms with van der Waals surface area (Å²) in [5.41, 5.74) is 2.13. The molecule has 1 aromatic heterocycles. The van der Waals surface area contributed by atoms with Crippen LogP contribution in [0.25, 0.3) is 11.3 Å². The van der Waals surface area contributed by atoms with Crippen LogP contribution in [-0.2, 0) is 11.2 Å². The molecule has 1 unspecified atom stereocenters. The minimum Gasteiger partial charge on any atom is -0.486 e. The highest BCUT2D eigenvalue weighted by molar-refractivity contribution is 5.77. The average molecular weight is 418 g/mol. The number of amides is 1. The largest absolute Gasteiger partial charge is 0.486 e. The molecule has 1 fully saturated rings. The van der Waals surface area contributed by atoms with Gasteiger partial charge in [0.2, 0.25) is 5.91 Å². The second-order valence-electron chi connectivity index (χ2n) is 7.99. The second kappa shape index (κ2) is 8.84. The topological polar surface area (TPSA) is 64.8 Å². The minimum atomic E-state index is 0.106. The predicted molar refractivity (Wildman–Crippen MR) is 116 cm³/mol. The number of nitrogens with zero attached hydrogens (tertiary/aromatic N) is 2. The maximum atomic E-state index is 13.0. The normalized spacial score (nSPS) is 17.7. The van der Waals surface area contributed by atoms with E-state index in [1.165, 1.54) is 0 Å². The molecule has 0 aliphatic carbocycles. The molecule has 0 N–H and O–H groups in total. The number of ether oxygens (including phenoxy) is 2. The van der Waals surface area contributed by atoms with Crippen LogP contribution >= 0.6 is 0 Å². The standard InChI is InChI=1S/C25H26N2O4/c28-25(10-4-9-24-26-17-23(31-24)18-6-2-1-3-7-18)27-13-5-8-20(27)19-11-12-21-22(16-19)30-15-14-29-21/h1-3,6-7,11-12,16-17,20H,4-5,8-10,13-15H2. The van der Waals surface area contributed by atoms with Crippen molar-refractivity contribution in [3.8, 4) is 22.8 Å². The molecule has 2 aliphatic rings. The minimum absolute atomic E-state index is 0.106. The molecule has 0 radical (unpaired) electrons. The number of carbonyl (C=O) groups excluding carboxylic acids is 1. The fourth-order valence-corrected chi connectivity index (χ4v) is 4.38. The number of aromatic nitrogens is 1. The number of aryl methyl sites for hydroxylation is 1. The maximum Gasteiger partial charge on any atom is 0.223 e. The molecule has 3 heterocycles. The summed E-state index contributed by atoms with van der Waals surface area (Å²) in [6.45, 7) is 1.95. The van der Waals surface area contributed by atoms with Crippen LogP contribution < -0.4 is 9.47 Å². The van der Waals surface area contributed by atoms with Gasteiger partial charge in [-0.05, 0) is 37.0 Å². The van der Waals surface area contributed by atoms with Gasteiger partial charge in [0.15, 0.2) is 23.1 Å². The van der Waals surface area contributed by atoms with Crippen molar-refractivity contribution in [2.75, 3.05) is 19.8 Å². The number of rotatable bonds is 6. The number of hydrogen-bond acceptors (Lipinski definition) is 5. The van der Waals surface area contributed by atoms with Crippen LogP contribution in [0.5, 0.6) is 11.5 Å². The zero-order valence-corrected chi connectivity index (χ0v) is 17.5. The lowest BCUT2D eigenvalue weighted by atomic mass is 10.0. The van der Waals surface area contributed by atoms with Crippen LogP contribution in [0, 0.1) is 0 Å². The van der Waals surface area contributed by atoms with E-state index < -0.39 is 0 Å². The maximum absolute atomic E-state index is 13.0. The number of benzene rings is 2. The van der Waals surface area contributed by atoms with E-state index in [9.17, 15) is 4.79 Å². The van der Waals surface area contributed by atoms with E-state index in [4.69, 9.17) is 13.9 Å². The van der Waals surface area contributed by atoms with Gasteiger partial charge in [0.05, 0.1) is 12.2 Å². The van der Waals surface area contributed by atoms with Crippen molar-refractivity contribution in [3.63, 3.8) is 0 Å². The number of oxazole rings is 1. The first-order chi connectivity index (χ1) is 15.3. The van der Waals surface area contributed by atoms with E-state index in [0.717, 1.165) is 54.2 Å². The van der Waals surface area contributed by atoms with E-state index in [0.29, 0.717) is 31.9 Å². The highest BCUT2D eigenvalue weighted by atomic mass is 16.6. The van der Waals surface area contributed by atoms with Crippen molar-refractivity contribution in [3.05, 3.63) is 66.2 Å². The quantitative estimate of drug-likeness (QED) is 0.575. The van der Waals surface area contributed by atoms with E-state index in [-0.39, 0.29) is 11.9 Å². The molecule has 2 aliphatic heterocycles. The Balaban J connectivity index is 1.18. The molecule has 160 valence electrons. The fraction of sp³-hybridized carbons (Fsp3) is 0.360. The lowest BCUT2D eigenvalue weighted by Gasteiger charge is -2.26. The zero-order valence-electron chi connectivity index (χ0n) is 17.5. The highest BCUT2D eigenvalue weighted by Gasteiger charge is 2.30. The Kier molecular flexibility index (Phi) is 5.61. The van der Waals surface area contributed by atoms with Crippen molar-refractivity contribution in [2.24, 2.45) is 0 Å². The molecule has 0 spiro atoms. The molecule has 0 saturated carbocycles. The van der Waals surface area contributed by atoms with Gasteiger partial charge in [0.25, 0.3) is 0 Å². The van der Waals surface area contributed by atoms with Crippen LogP contribution in [-0.4, -0.2) is 35.5 Å². The van der Waals surface area contributed by atoms with Gasteiger partial charge in [-0.25, -0.2) is 4.98 Å². The molecule has 2 aromatic carbocycles. The molecule has 1 saturated heterocycles. The molecule has 5 rings (SSSR count). The van der Waals surface area contributed by atoms with Crippen LogP contribution in [0.3, 0.4) is 0 Å². The Hall–Kier alpha value is -3.28.